The lowest BCUT2D eigenvalue weighted by Crippen LogP contribution is -2.38. The summed E-state index contributed by atoms with van der Waals surface area (Å²) < 4.78 is 23.7. The summed E-state index contributed by atoms with van der Waals surface area (Å²) in [6.07, 6.45) is -0.595. The van der Waals surface area contributed by atoms with Crippen LogP contribution in [0.4, 0.5) is 4.39 Å². The van der Waals surface area contributed by atoms with Gasteiger partial charge in [-0.2, -0.15) is 0 Å². The number of ether oxygens (including phenoxy) is 2. The zero-order valence-electron chi connectivity index (χ0n) is 13.2. The van der Waals surface area contributed by atoms with Crippen LogP contribution < -0.4 is 14.8 Å². The molecule has 0 aliphatic carbocycles. The molecule has 0 aromatic heterocycles. The number of amides is 1. The first-order chi connectivity index (χ1) is 11.0. The molecule has 4 nitrogen and oxygen atoms in total. The summed E-state index contributed by atoms with van der Waals surface area (Å²) in [5, 5.41) is 2.74. The third-order valence-corrected chi connectivity index (χ3v) is 3.16. The Kier molecular flexibility index (Phi) is 5.97. The fourth-order valence-corrected chi connectivity index (χ4v) is 1.96. The number of carbonyl (C=O) groups excluding carboxylic acids is 1. The van der Waals surface area contributed by atoms with Crippen LogP contribution in [0.25, 0.3) is 0 Å². The van der Waals surface area contributed by atoms with Gasteiger partial charge in [0.25, 0.3) is 5.91 Å². The topological polar surface area (TPSA) is 47.6 Å². The van der Waals surface area contributed by atoms with Crippen molar-refractivity contribution in [2.24, 2.45) is 0 Å². The third kappa shape index (κ3) is 5.62. The molecule has 0 heterocycles. The third-order valence-electron chi connectivity index (χ3n) is 3.16. The molecule has 1 amide bonds. The molecular formula is C18H20FNO3. The SMILES string of the molecule is Cc1cccc(OC(C)C(=O)NCCOc2ccc(F)cc2)c1. The number of halogens is 1. The van der Waals surface area contributed by atoms with E-state index in [2.05, 4.69) is 5.32 Å². The Morgan fingerprint density at radius 3 is 2.61 bits per heavy atom. The summed E-state index contributed by atoms with van der Waals surface area (Å²) in [6.45, 7) is 4.30. The van der Waals surface area contributed by atoms with E-state index in [0.717, 1.165) is 5.56 Å². The first kappa shape index (κ1) is 16.8. The van der Waals surface area contributed by atoms with E-state index in [1.165, 1.54) is 12.1 Å². The minimum absolute atomic E-state index is 0.214. The van der Waals surface area contributed by atoms with Gasteiger partial charge in [-0.3, -0.25) is 4.79 Å². The highest BCUT2D eigenvalue weighted by molar-refractivity contribution is 5.80. The molecule has 0 aliphatic heterocycles. The van der Waals surface area contributed by atoms with Gasteiger partial charge in [-0.05, 0) is 55.8 Å². The molecule has 0 aliphatic rings. The van der Waals surface area contributed by atoms with E-state index in [4.69, 9.17) is 9.47 Å². The van der Waals surface area contributed by atoms with E-state index in [1.807, 2.05) is 31.2 Å². The highest BCUT2D eigenvalue weighted by Crippen LogP contribution is 2.14. The molecule has 122 valence electrons. The molecule has 2 aromatic carbocycles. The van der Waals surface area contributed by atoms with Crippen molar-refractivity contribution in [3.63, 3.8) is 0 Å². The molecule has 1 N–H and O–H groups in total. The monoisotopic (exact) mass is 317 g/mol. The molecule has 23 heavy (non-hydrogen) atoms. The van der Waals surface area contributed by atoms with Crippen LogP contribution in [0.3, 0.4) is 0 Å². The Morgan fingerprint density at radius 2 is 1.91 bits per heavy atom. The van der Waals surface area contributed by atoms with E-state index < -0.39 is 6.10 Å². The standard InChI is InChI=1S/C18H20FNO3/c1-13-4-3-5-17(12-13)23-14(2)18(21)20-10-11-22-16-8-6-15(19)7-9-16/h3-9,12,14H,10-11H2,1-2H3,(H,20,21). The van der Waals surface area contributed by atoms with Crippen molar-refractivity contribution in [1.29, 1.82) is 0 Å². The van der Waals surface area contributed by atoms with Gasteiger partial charge in [0.05, 0.1) is 6.54 Å². The molecule has 2 rings (SSSR count). The molecule has 2 aromatic rings. The van der Waals surface area contributed by atoms with Crippen LogP contribution in [0.5, 0.6) is 11.5 Å². The number of carbonyl (C=O) groups is 1. The Balaban J connectivity index is 1.70. The van der Waals surface area contributed by atoms with Crippen LogP contribution in [0.15, 0.2) is 48.5 Å². The number of hydrogen-bond donors (Lipinski definition) is 1. The Hall–Kier alpha value is -2.56. The number of benzene rings is 2. The van der Waals surface area contributed by atoms with Crippen LogP contribution in [0.1, 0.15) is 12.5 Å². The van der Waals surface area contributed by atoms with Crippen molar-refractivity contribution in [2.45, 2.75) is 20.0 Å². The first-order valence-corrected chi connectivity index (χ1v) is 7.44. The van der Waals surface area contributed by atoms with Gasteiger partial charge in [0, 0.05) is 0 Å². The lowest BCUT2D eigenvalue weighted by atomic mass is 10.2. The van der Waals surface area contributed by atoms with E-state index in [-0.39, 0.29) is 11.7 Å². The van der Waals surface area contributed by atoms with Crippen molar-refractivity contribution < 1.29 is 18.7 Å². The molecule has 1 atom stereocenters. The van der Waals surface area contributed by atoms with E-state index in [9.17, 15) is 9.18 Å². The number of rotatable bonds is 7. The molecule has 0 spiro atoms. The minimum Gasteiger partial charge on any atom is -0.492 e. The van der Waals surface area contributed by atoms with Gasteiger partial charge in [0.2, 0.25) is 0 Å². The second-order valence-corrected chi connectivity index (χ2v) is 5.17. The zero-order chi connectivity index (χ0) is 16.7. The summed E-state index contributed by atoms with van der Waals surface area (Å²) in [7, 11) is 0. The Morgan fingerprint density at radius 1 is 1.17 bits per heavy atom. The van der Waals surface area contributed by atoms with E-state index >= 15 is 0 Å². The zero-order valence-corrected chi connectivity index (χ0v) is 13.2. The fraction of sp³-hybridized carbons (Fsp3) is 0.278. The molecule has 0 saturated heterocycles. The van der Waals surface area contributed by atoms with E-state index in [0.29, 0.717) is 24.7 Å². The van der Waals surface area contributed by atoms with Crippen LogP contribution in [-0.4, -0.2) is 25.2 Å². The maximum absolute atomic E-state index is 12.7. The first-order valence-electron chi connectivity index (χ1n) is 7.44. The quantitative estimate of drug-likeness (QED) is 0.798. The molecule has 0 saturated carbocycles. The summed E-state index contributed by atoms with van der Waals surface area (Å²) in [4.78, 5) is 11.9. The average molecular weight is 317 g/mol. The van der Waals surface area contributed by atoms with Crippen molar-refractivity contribution in [3.05, 3.63) is 59.9 Å². The van der Waals surface area contributed by atoms with Crippen molar-refractivity contribution in [3.8, 4) is 11.5 Å². The largest absolute Gasteiger partial charge is 0.492 e. The summed E-state index contributed by atoms with van der Waals surface area (Å²) in [5.74, 6) is 0.696. The summed E-state index contributed by atoms with van der Waals surface area (Å²) >= 11 is 0. The van der Waals surface area contributed by atoms with Gasteiger partial charge < -0.3 is 14.8 Å². The molecule has 0 radical (unpaired) electrons. The van der Waals surface area contributed by atoms with Gasteiger partial charge in [0.1, 0.15) is 23.9 Å². The van der Waals surface area contributed by atoms with Crippen LogP contribution in [0, 0.1) is 12.7 Å². The second kappa shape index (κ2) is 8.17. The average Bonchev–Trinajstić information content (AvgIpc) is 2.53. The van der Waals surface area contributed by atoms with Crippen LogP contribution in [-0.2, 0) is 4.79 Å². The smallest absolute Gasteiger partial charge is 0.260 e. The van der Waals surface area contributed by atoms with Crippen molar-refractivity contribution >= 4 is 5.91 Å². The lowest BCUT2D eigenvalue weighted by Gasteiger charge is -2.15. The molecule has 5 heteroatoms. The highest BCUT2D eigenvalue weighted by atomic mass is 19.1. The minimum atomic E-state index is -0.595. The maximum Gasteiger partial charge on any atom is 0.260 e. The predicted octanol–water partition coefficient (Wildman–Crippen LogP) is 3.10. The number of nitrogens with one attached hydrogen (secondary N) is 1. The van der Waals surface area contributed by atoms with E-state index in [1.54, 1.807) is 19.1 Å². The molecular weight excluding hydrogens is 297 g/mol. The van der Waals surface area contributed by atoms with Gasteiger partial charge >= 0.3 is 0 Å². The Bertz CT molecular complexity index is 643. The fourth-order valence-electron chi connectivity index (χ4n) is 1.96. The van der Waals surface area contributed by atoms with Gasteiger partial charge in [-0.25, -0.2) is 4.39 Å². The summed E-state index contributed by atoms with van der Waals surface area (Å²) in [5.41, 5.74) is 1.07. The van der Waals surface area contributed by atoms with Gasteiger partial charge in [0.15, 0.2) is 6.10 Å². The highest BCUT2D eigenvalue weighted by Gasteiger charge is 2.14. The molecule has 0 fully saturated rings. The van der Waals surface area contributed by atoms with Crippen molar-refractivity contribution in [2.75, 3.05) is 13.2 Å². The van der Waals surface area contributed by atoms with Crippen LogP contribution >= 0.6 is 0 Å². The number of aryl methyl sites for hydroxylation is 1. The van der Waals surface area contributed by atoms with Crippen LogP contribution in [0.2, 0.25) is 0 Å². The molecule has 0 bridgehead atoms. The summed E-state index contributed by atoms with van der Waals surface area (Å²) in [6, 6.07) is 13.3. The second-order valence-electron chi connectivity index (χ2n) is 5.17. The Labute approximate surface area is 135 Å². The van der Waals surface area contributed by atoms with Crippen molar-refractivity contribution in [1.82, 2.24) is 5.32 Å². The normalized spacial score (nSPS) is 11.6. The van der Waals surface area contributed by atoms with Gasteiger partial charge in [-0.15, -0.1) is 0 Å². The van der Waals surface area contributed by atoms with Gasteiger partial charge in [-0.1, -0.05) is 12.1 Å². The number of hydrogen-bond acceptors (Lipinski definition) is 3. The maximum atomic E-state index is 12.7. The molecule has 1 unspecified atom stereocenters. The predicted molar refractivity (Wildman–Crippen MR) is 86.2 cm³/mol. The lowest BCUT2D eigenvalue weighted by molar-refractivity contribution is -0.127.